The number of aromatic amines is 1. The van der Waals surface area contributed by atoms with Gasteiger partial charge in [0.05, 0.1) is 0 Å². The van der Waals surface area contributed by atoms with Crippen molar-refractivity contribution in [3.05, 3.63) is 36.7 Å². The van der Waals surface area contributed by atoms with E-state index < -0.39 is 0 Å². The molecule has 0 aromatic carbocycles. The van der Waals surface area contributed by atoms with Gasteiger partial charge in [0, 0.05) is 17.3 Å². The van der Waals surface area contributed by atoms with Crippen molar-refractivity contribution in [1.29, 1.82) is 0 Å². The fourth-order valence-electron chi connectivity index (χ4n) is 1.19. The summed E-state index contributed by atoms with van der Waals surface area (Å²) >= 11 is 0. The number of hydrogen-bond donors (Lipinski definition) is 1. The molecule has 0 saturated heterocycles. The molecule has 0 aliphatic heterocycles. The van der Waals surface area contributed by atoms with Gasteiger partial charge in [0.1, 0.15) is 5.65 Å². The first-order valence-corrected chi connectivity index (χ1v) is 3.87. The fourth-order valence-corrected chi connectivity index (χ4v) is 1.19. The average molecular weight is 158 g/mol. The van der Waals surface area contributed by atoms with Crippen LogP contribution in [0.25, 0.3) is 16.6 Å². The molecule has 12 heavy (non-hydrogen) atoms. The Morgan fingerprint density at radius 2 is 2.42 bits per heavy atom. The van der Waals surface area contributed by atoms with E-state index in [1.807, 2.05) is 19.1 Å². The van der Waals surface area contributed by atoms with Gasteiger partial charge in [-0.05, 0) is 30.7 Å². The van der Waals surface area contributed by atoms with Gasteiger partial charge in [-0.25, -0.2) is 4.98 Å². The highest BCUT2D eigenvalue weighted by Gasteiger charge is 1.99. The number of aromatic nitrogens is 2. The Bertz CT molecular complexity index is 393. The minimum absolute atomic E-state index is 0.926. The third kappa shape index (κ3) is 1.01. The summed E-state index contributed by atoms with van der Waals surface area (Å²) in [6.45, 7) is 5.84. The highest BCUT2D eigenvalue weighted by Crippen LogP contribution is 2.16. The third-order valence-corrected chi connectivity index (χ3v) is 1.85. The maximum absolute atomic E-state index is 4.19. The zero-order chi connectivity index (χ0) is 8.55. The first-order valence-electron chi connectivity index (χ1n) is 3.87. The van der Waals surface area contributed by atoms with E-state index in [-0.39, 0.29) is 0 Å². The molecular formula is C10H10N2. The van der Waals surface area contributed by atoms with Gasteiger partial charge < -0.3 is 4.98 Å². The number of fused-ring (bicyclic) bond motifs is 1. The lowest BCUT2D eigenvalue weighted by Crippen LogP contribution is -1.76. The molecule has 2 aromatic heterocycles. The van der Waals surface area contributed by atoms with E-state index >= 15 is 0 Å². The van der Waals surface area contributed by atoms with Crippen LogP contribution in [0.4, 0.5) is 0 Å². The Morgan fingerprint density at radius 1 is 1.58 bits per heavy atom. The SMILES string of the molecule is C=C(C)c1cc2cccnc2[nH]1. The van der Waals surface area contributed by atoms with Crippen LogP contribution in [0.2, 0.25) is 0 Å². The normalized spacial score (nSPS) is 10.4. The van der Waals surface area contributed by atoms with Gasteiger partial charge in [-0.2, -0.15) is 0 Å². The van der Waals surface area contributed by atoms with Crippen LogP contribution < -0.4 is 0 Å². The second kappa shape index (κ2) is 2.48. The van der Waals surface area contributed by atoms with Crippen molar-refractivity contribution in [3.63, 3.8) is 0 Å². The Kier molecular flexibility index (Phi) is 1.47. The van der Waals surface area contributed by atoms with E-state index in [0.717, 1.165) is 22.3 Å². The molecule has 60 valence electrons. The number of rotatable bonds is 1. The zero-order valence-corrected chi connectivity index (χ0v) is 6.96. The van der Waals surface area contributed by atoms with Gasteiger partial charge in [-0.1, -0.05) is 6.58 Å². The largest absolute Gasteiger partial charge is 0.340 e. The molecule has 0 atom stereocenters. The van der Waals surface area contributed by atoms with E-state index in [0.29, 0.717) is 0 Å². The van der Waals surface area contributed by atoms with Crippen LogP contribution in [-0.4, -0.2) is 9.97 Å². The van der Waals surface area contributed by atoms with Crippen LogP contribution in [-0.2, 0) is 0 Å². The molecule has 2 aromatic rings. The second-order valence-electron chi connectivity index (χ2n) is 2.90. The predicted molar refractivity (Wildman–Crippen MR) is 50.8 cm³/mol. The molecular weight excluding hydrogens is 148 g/mol. The van der Waals surface area contributed by atoms with Gasteiger partial charge in [0.15, 0.2) is 0 Å². The van der Waals surface area contributed by atoms with Crippen molar-refractivity contribution in [3.8, 4) is 0 Å². The van der Waals surface area contributed by atoms with Gasteiger partial charge >= 0.3 is 0 Å². The van der Waals surface area contributed by atoms with Crippen molar-refractivity contribution in [2.45, 2.75) is 6.92 Å². The molecule has 0 amide bonds. The van der Waals surface area contributed by atoms with Crippen molar-refractivity contribution < 1.29 is 0 Å². The number of pyridine rings is 1. The van der Waals surface area contributed by atoms with Crippen LogP contribution in [0.15, 0.2) is 31.0 Å². The highest BCUT2D eigenvalue weighted by atomic mass is 14.8. The number of allylic oxidation sites excluding steroid dienone is 1. The lowest BCUT2D eigenvalue weighted by molar-refractivity contribution is 1.30. The lowest BCUT2D eigenvalue weighted by Gasteiger charge is -1.89. The smallest absolute Gasteiger partial charge is 0.137 e. The molecule has 1 N–H and O–H groups in total. The summed E-state index contributed by atoms with van der Waals surface area (Å²) in [6, 6.07) is 6.02. The maximum atomic E-state index is 4.19. The monoisotopic (exact) mass is 158 g/mol. The molecule has 0 aliphatic carbocycles. The van der Waals surface area contributed by atoms with E-state index in [4.69, 9.17) is 0 Å². The van der Waals surface area contributed by atoms with Gasteiger partial charge in [-0.3, -0.25) is 0 Å². The van der Waals surface area contributed by atoms with E-state index in [1.54, 1.807) is 6.20 Å². The zero-order valence-electron chi connectivity index (χ0n) is 6.96. The summed E-state index contributed by atoms with van der Waals surface area (Å²) in [4.78, 5) is 7.37. The molecule has 2 nitrogen and oxygen atoms in total. The van der Waals surface area contributed by atoms with Crippen molar-refractivity contribution >= 4 is 16.6 Å². The average Bonchev–Trinajstić information content (AvgIpc) is 2.46. The van der Waals surface area contributed by atoms with Crippen molar-refractivity contribution in [2.24, 2.45) is 0 Å². The summed E-state index contributed by atoms with van der Waals surface area (Å²) in [5.74, 6) is 0. The van der Waals surface area contributed by atoms with Crippen LogP contribution in [0.3, 0.4) is 0 Å². The number of nitrogens with one attached hydrogen (secondary N) is 1. The molecule has 0 radical (unpaired) electrons. The lowest BCUT2D eigenvalue weighted by atomic mass is 10.2. The van der Waals surface area contributed by atoms with E-state index in [1.165, 1.54) is 0 Å². The molecule has 0 bridgehead atoms. The Labute approximate surface area is 70.9 Å². The molecule has 2 heterocycles. The maximum Gasteiger partial charge on any atom is 0.137 e. The molecule has 0 unspecified atom stereocenters. The van der Waals surface area contributed by atoms with Crippen LogP contribution in [0, 0.1) is 0 Å². The molecule has 0 fully saturated rings. The quantitative estimate of drug-likeness (QED) is 0.679. The summed E-state index contributed by atoms with van der Waals surface area (Å²) in [6.07, 6.45) is 1.78. The number of nitrogens with zero attached hydrogens (tertiary/aromatic N) is 1. The Balaban J connectivity index is 2.70. The minimum atomic E-state index is 0.926. The predicted octanol–water partition coefficient (Wildman–Crippen LogP) is 2.60. The van der Waals surface area contributed by atoms with E-state index in [9.17, 15) is 0 Å². The second-order valence-corrected chi connectivity index (χ2v) is 2.90. The Morgan fingerprint density at radius 3 is 3.08 bits per heavy atom. The summed E-state index contributed by atoms with van der Waals surface area (Å²) in [7, 11) is 0. The van der Waals surface area contributed by atoms with E-state index in [2.05, 4.69) is 22.6 Å². The Hall–Kier alpha value is -1.57. The minimum Gasteiger partial charge on any atom is -0.340 e. The van der Waals surface area contributed by atoms with Crippen molar-refractivity contribution in [2.75, 3.05) is 0 Å². The van der Waals surface area contributed by atoms with Crippen LogP contribution in [0.1, 0.15) is 12.6 Å². The molecule has 0 saturated carbocycles. The first-order chi connectivity index (χ1) is 5.77. The van der Waals surface area contributed by atoms with Crippen molar-refractivity contribution in [1.82, 2.24) is 9.97 Å². The summed E-state index contributed by atoms with van der Waals surface area (Å²) < 4.78 is 0. The molecule has 0 spiro atoms. The van der Waals surface area contributed by atoms with Gasteiger partial charge in [0.2, 0.25) is 0 Å². The number of hydrogen-bond acceptors (Lipinski definition) is 1. The van der Waals surface area contributed by atoms with Gasteiger partial charge in [-0.15, -0.1) is 0 Å². The third-order valence-electron chi connectivity index (χ3n) is 1.85. The van der Waals surface area contributed by atoms with Gasteiger partial charge in [0.25, 0.3) is 0 Å². The first kappa shape index (κ1) is 7.10. The fraction of sp³-hybridized carbons (Fsp3) is 0.100. The van der Waals surface area contributed by atoms with Crippen LogP contribution in [0.5, 0.6) is 0 Å². The number of H-pyrrole nitrogens is 1. The molecule has 0 aliphatic rings. The van der Waals surface area contributed by atoms with Crippen LogP contribution >= 0.6 is 0 Å². The summed E-state index contributed by atoms with van der Waals surface area (Å²) in [5.41, 5.74) is 3.02. The summed E-state index contributed by atoms with van der Waals surface area (Å²) in [5, 5.41) is 1.13. The topological polar surface area (TPSA) is 28.7 Å². The highest BCUT2D eigenvalue weighted by molar-refractivity contribution is 5.80. The standard InChI is InChI=1S/C10H10N2/c1-7(2)9-6-8-4-3-5-11-10(8)12-9/h3-6H,1H2,2H3,(H,11,12). The molecule has 2 rings (SSSR count). The molecule has 2 heteroatoms.